The van der Waals surface area contributed by atoms with Crippen molar-refractivity contribution >= 4 is 51.3 Å². The Labute approximate surface area is 202 Å². The molecule has 0 unspecified atom stereocenters. The lowest BCUT2D eigenvalue weighted by Crippen LogP contribution is -2.07. The van der Waals surface area contributed by atoms with Crippen LogP contribution in [-0.4, -0.2) is 32.8 Å². The molecule has 1 rings (SSSR count). The third-order valence-corrected chi connectivity index (χ3v) is 7.54. The van der Waals surface area contributed by atoms with Crippen molar-refractivity contribution in [2.45, 2.75) is 70.3 Å². The highest BCUT2D eigenvalue weighted by atomic mass is 35.8. The minimum absolute atomic E-state index is 0.327. The third-order valence-electron chi connectivity index (χ3n) is 4.92. The Morgan fingerprint density at radius 3 is 1.94 bits per heavy atom. The molecule has 0 heterocycles. The molecule has 176 valence electrons. The van der Waals surface area contributed by atoms with Crippen LogP contribution in [0.15, 0.2) is 24.3 Å². The number of carbonyl (C=O) groups is 1. The van der Waals surface area contributed by atoms with E-state index in [1.807, 2.05) is 12.1 Å². The highest BCUT2D eigenvalue weighted by Gasteiger charge is 2.23. The summed E-state index contributed by atoms with van der Waals surface area (Å²) in [5, 5.41) is 0. The number of hydrogen-bond acceptors (Lipinski definition) is 4. The van der Waals surface area contributed by atoms with Gasteiger partial charge in [0.15, 0.2) is 11.5 Å². The summed E-state index contributed by atoms with van der Waals surface area (Å²) in [7, 11) is 3.17. The van der Waals surface area contributed by atoms with E-state index < -0.39 is 6.00 Å². The minimum Gasteiger partial charge on any atom is -0.493 e. The van der Waals surface area contributed by atoms with Crippen LogP contribution in [0.2, 0.25) is 6.04 Å². The van der Waals surface area contributed by atoms with E-state index in [-0.39, 0.29) is 5.97 Å². The van der Waals surface area contributed by atoms with E-state index in [4.69, 9.17) is 47.4 Å². The zero-order chi connectivity index (χ0) is 23.0. The molecule has 0 aliphatic heterocycles. The SMILES string of the molecule is COc1ccc(/C=C/C(=O)OCCCCCCCCCCCC[Si](Cl)(Cl)Cl)cc1OC. The summed E-state index contributed by atoms with van der Waals surface area (Å²) in [6.45, 7) is 0.460. The van der Waals surface area contributed by atoms with Crippen molar-refractivity contribution in [2.75, 3.05) is 20.8 Å². The van der Waals surface area contributed by atoms with Gasteiger partial charge in [0, 0.05) is 6.08 Å². The molecule has 0 aliphatic rings. The molecule has 1 aromatic carbocycles. The fraction of sp³-hybridized carbons (Fsp3) is 0.609. The van der Waals surface area contributed by atoms with Gasteiger partial charge in [0.2, 0.25) is 0 Å². The van der Waals surface area contributed by atoms with Crippen LogP contribution in [0.25, 0.3) is 6.08 Å². The molecule has 31 heavy (non-hydrogen) atoms. The van der Waals surface area contributed by atoms with Crippen LogP contribution in [0.5, 0.6) is 11.5 Å². The lowest BCUT2D eigenvalue weighted by molar-refractivity contribution is -0.137. The van der Waals surface area contributed by atoms with Crippen molar-refractivity contribution in [1.29, 1.82) is 0 Å². The van der Waals surface area contributed by atoms with E-state index in [9.17, 15) is 4.79 Å². The maximum Gasteiger partial charge on any atom is 0.341 e. The van der Waals surface area contributed by atoms with E-state index in [1.54, 1.807) is 26.4 Å². The van der Waals surface area contributed by atoms with Gasteiger partial charge in [-0.05, 0) is 36.2 Å². The van der Waals surface area contributed by atoms with Crippen molar-refractivity contribution in [2.24, 2.45) is 0 Å². The standard InChI is InChI=1S/C23H35Cl3O4Si/c1-28-21-15-13-20(19-22(21)29-2)14-16-23(27)30-17-11-9-7-5-3-4-6-8-10-12-18-31(24,25)26/h13-16,19H,3-12,17-18H2,1-2H3/b16-14+. The fourth-order valence-corrected chi connectivity index (χ4v) is 5.04. The van der Waals surface area contributed by atoms with Crippen LogP contribution in [-0.2, 0) is 9.53 Å². The van der Waals surface area contributed by atoms with Gasteiger partial charge < -0.3 is 14.2 Å². The second-order valence-corrected chi connectivity index (χ2v) is 16.8. The second kappa shape index (κ2) is 16.7. The monoisotopic (exact) mass is 508 g/mol. The molecule has 1 aromatic rings. The zero-order valence-electron chi connectivity index (χ0n) is 18.6. The van der Waals surface area contributed by atoms with Gasteiger partial charge in [0.25, 0.3) is 0 Å². The average Bonchev–Trinajstić information content (AvgIpc) is 2.74. The van der Waals surface area contributed by atoms with Crippen molar-refractivity contribution in [3.8, 4) is 11.5 Å². The van der Waals surface area contributed by atoms with Gasteiger partial charge in [-0.25, -0.2) is 4.79 Å². The molecule has 4 nitrogen and oxygen atoms in total. The molecule has 0 atom stereocenters. The maximum atomic E-state index is 11.8. The summed E-state index contributed by atoms with van der Waals surface area (Å²) in [4.78, 5) is 11.8. The summed E-state index contributed by atoms with van der Waals surface area (Å²) in [6.07, 6.45) is 14.7. The molecule has 0 amide bonds. The summed E-state index contributed by atoms with van der Waals surface area (Å²) in [5.74, 6) is 0.951. The highest BCUT2D eigenvalue weighted by Crippen LogP contribution is 2.28. The number of unbranched alkanes of at least 4 members (excludes halogenated alkanes) is 9. The van der Waals surface area contributed by atoms with Gasteiger partial charge in [0.1, 0.15) is 0 Å². The van der Waals surface area contributed by atoms with Gasteiger partial charge >= 0.3 is 12.0 Å². The van der Waals surface area contributed by atoms with E-state index in [1.165, 1.54) is 44.6 Å². The second-order valence-electron chi connectivity index (χ2n) is 7.52. The zero-order valence-corrected chi connectivity index (χ0v) is 21.9. The first-order chi connectivity index (χ1) is 14.9. The maximum absolute atomic E-state index is 11.8. The topological polar surface area (TPSA) is 44.8 Å². The molecule has 0 saturated carbocycles. The lowest BCUT2D eigenvalue weighted by atomic mass is 10.1. The van der Waals surface area contributed by atoms with Gasteiger partial charge in [0.05, 0.1) is 20.8 Å². The van der Waals surface area contributed by atoms with E-state index in [0.717, 1.165) is 37.3 Å². The lowest BCUT2D eigenvalue weighted by Gasteiger charge is -2.07. The molecule has 0 spiro atoms. The van der Waals surface area contributed by atoms with E-state index in [0.29, 0.717) is 18.1 Å². The third kappa shape index (κ3) is 14.7. The molecular weight excluding hydrogens is 475 g/mol. The molecular formula is C23H35Cl3O4Si. The molecule has 0 fully saturated rings. The number of hydrogen-bond donors (Lipinski definition) is 0. The van der Waals surface area contributed by atoms with Gasteiger partial charge in [-0.2, -0.15) is 0 Å². The largest absolute Gasteiger partial charge is 0.493 e. The van der Waals surface area contributed by atoms with Crippen LogP contribution in [0.3, 0.4) is 0 Å². The van der Waals surface area contributed by atoms with Crippen molar-refractivity contribution in [3.63, 3.8) is 0 Å². The normalized spacial score (nSPS) is 11.6. The Hall–Kier alpha value is -0.883. The van der Waals surface area contributed by atoms with E-state index in [2.05, 4.69) is 0 Å². The van der Waals surface area contributed by atoms with Crippen LogP contribution in [0.4, 0.5) is 0 Å². The number of esters is 1. The Balaban J connectivity index is 2.01. The first-order valence-electron chi connectivity index (χ1n) is 11.0. The molecule has 0 radical (unpaired) electrons. The highest BCUT2D eigenvalue weighted by molar-refractivity contribution is 7.64. The quantitative estimate of drug-likeness (QED) is 0.0706. The first kappa shape index (κ1) is 28.2. The summed E-state index contributed by atoms with van der Waals surface area (Å²) in [6, 6.07) is 3.83. The fourth-order valence-electron chi connectivity index (χ4n) is 3.18. The smallest absolute Gasteiger partial charge is 0.341 e. The minimum atomic E-state index is -2.42. The van der Waals surface area contributed by atoms with Gasteiger partial charge in [-0.3, -0.25) is 0 Å². The average molecular weight is 510 g/mol. The number of ether oxygens (including phenoxy) is 3. The predicted molar refractivity (Wildman–Crippen MR) is 134 cm³/mol. The first-order valence-corrected chi connectivity index (χ1v) is 16.2. The van der Waals surface area contributed by atoms with Crippen LogP contribution >= 0.6 is 33.2 Å². The van der Waals surface area contributed by atoms with Crippen LogP contribution < -0.4 is 9.47 Å². The van der Waals surface area contributed by atoms with Crippen LogP contribution in [0, 0.1) is 0 Å². The van der Waals surface area contributed by atoms with Gasteiger partial charge in [-0.1, -0.05) is 63.9 Å². The number of carbonyl (C=O) groups excluding carboxylic acids is 1. The van der Waals surface area contributed by atoms with E-state index >= 15 is 0 Å². The number of methoxy groups -OCH3 is 2. The molecule has 0 aromatic heterocycles. The molecule has 0 N–H and O–H groups in total. The molecule has 0 bridgehead atoms. The Morgan fingerprint density at radius 1 is 0.839 bits per heavy atom. The van der Waals surface area contributed by atoms with Crippen molar-refractivity contribution < 1.29 is 19.0 Å². The molecule has 8 heteroatoms. The number of halogens is 3. The summed E-state index contributed by atoms with van der Waals surface area (Å²) >= 11 is 17.6. The van der Waals surface area contributed by atoms with Crippen molar-refractivity contribution in [1.82, 2.24) is 0 Å². The Kier molecular flexibility index (Phi) is 15.2. The number of rotatable bonds is 17. The molecule has 0 aliphatic carbocycles. The summed E-state index contributed by atoms with van der Waals surface area (Å²) in [5.41, 5.74) is 0.849. The summed E-state index contributed by atoms with van der Waals surface area (Å²) < 4.78 is 15.7. The Bertz CT molecular complexity index is 663. The van der Waals surface area contributed by atoms with Gasteiger partial charge in [-0.15, -0.1) is 33.2 Å². The Morgan fingerprint density at radius 2 is 1.39 bits per heavy atom. The van der Waals surface area contributed by atoms with Crippen molar-refractivity contribution in [3.05, 3.63) is 29.8 Å². The predicted octanol–water partition coefficient (Wildman–Crippen LogP) is 7.82. The molecule has 0 saturated heterocycles. The van der Waals surface area contributed by atoms with Crippen LogP contribution in [0.1, 0.15) is 69.8 Å². The number of benzene rings is 1.